The van der Waals surface area contributed by atoms with Crippen LogP contribution in [0.3, 0.4) is 0 Å². The van der Waals surface area contributed by atoms with Crippen molar-refractivity contribution in [1.29, 1.82) is 0 Å². The van der Waals surface area contributed by atoms with Gasteiger partial charge in [-0.3, -0.25) is 13.9 Å². The molecule has 0 bridgehead atoms. The van der Waals surface area contributed by atoms with E-state index in [0.717, 1.165) is 27.6 Å². The molecule has 0 saturated carbocycles. The van der Waals surface area contributed by atoms with Crippen LogP contribution in [0.5, 0.6) is 5.75 Å². The number of hydrogen-bond donors (Lipinski definition) is 1. The molecule has 0 spiro atoms. The highest BCUT2D eigenvalue weighted by Gasteiger charge is 2.35. The predicted octanol–water partition coefficient (Wildman–Crippen LogP) is 5.89. The zero-order chi connectivity index (χ0) is 33.3. The molecule has 0 heterocycles. The highest BCUT2D eigenvalue weighted by molar-refractivity contribution is 7.92. The molecule has 242 valence electrons. The summed E-state index contributed by atoms with van der Waals surface area (Å²) in [4.78, 5) is 29.7. The molecular weight excluding hydrogens is 605 g/mol. The van der Waals surface area contributed by atoms with Crippen molar-refractivity contribution in [2.24, 2.45) is 0 Å². The van der Waals surface area contributed by atoms with E-state index >= 15 is 0 Å². The lowest BCUT2D eigenvalue weighted by molar-refractivity contribution is -0.140. The summed E-state index contributed by atoms with van der Waals surface area (Å²) >= 11 is 0. The number of carbonyl (C=O) groups is 2. The lowest BCUT2D eigenvalue weighted by atomic mass is 10.0. The summed E-state index contributed by atoms with van der Waals surface area (Å²) in [5.41, 5.74) is 2.70. The first-order valence-corrected chi connectivity index (χ1v) is 16.6. The average Bonchev–Trinajstić information content (AvgIpc) is 3.06. The van der Waals surface area contributed by atoms with Gasteiger partial charge in [0.25, 0.3) is 10.0 Å². The van der Waals surface area contributed by atoms with Crippen molar-refractivity contribution in [1.82, 2.24) is 10.2 Å². The Morgan fingerprint density at radius 1 is 0.891 bits per heavy atom. The fraction of sp³-hybridized carbons (Fsp3) is 0.278. The van der Waals surface area contributed by atoms with Gasteiger partial charge in [0.05, 0.1) is 17.7 Å². The summed E-state index contributed by atoms with van der Waals surface area (Å²) < 4.78 is 48.3. The fourth-order valence-electron chi connectivity index (χ4n) is 4.94. The Hall–Kier alpha value is -4.70. The number of ether oxygens (including phenoxy) is 1. The minimum Gasteiger partial charge on any atom is -0.497 e. The van der Waals surface area contributed by atoms with E-state index in [1.54, 1.807) is 49.6 Å². The van der Waals surface area contributed by atoms with Crippen LogP contribution >= 0.6 is 0 Å². The molecule has 0 aliphatic rings. The molecule has 0 aliphatic heterocycles. The Morgan fingerprint density at radius 2 is 1.54 bits per heavy atom. The summed E-state index contributed by atoms with van der Waals surface area (Å²) in [5.74, 6) is -0.946. The number of amides is 2. The van der Waals surface area contributed by atoms with Crippen LogP contribution in [-0.4, -0.2) is 50.9 Å². The van der Waals surface area contributed by atoms with Crippen LogP contribution in [0, 0.1) is 12.7 Å². The molecule has 10 heteroatoms. The quantitative estimate of drug-likeness (QED) is 0.185. The number of halogens is 1. The van der Waals surface area contributed by atoms with Gasteiger partial charge in [0, 0.05) is 19.0 Å². The maximum absolute atomic E-state index is 14.5. The van der Waals surface area contributed by atoms with E-state index in [9.17, 15) is 22.4 Å². The predicted molar refractivity (Wildman–Crippen MR) is 177 cm³/mol. The maximum Gasteiger partial charge on any atom is 0.264 e. The molecule has 2 atom stereocenters. The highest BCUT2D eigenvalue weighted by Crippen LogP contribution is 2.26. The molecule has 4 aromatic rings. The number of nitrogens with zero attached hydrogens (tertiary/aromatic N) is 2. The van der Waals surface area contributed by atoms with Gasteiger partial charge < -0.3 is 15.0 Å². The molecule has 8 nitrogen and oxygen atoms in total. The normalized spacial score (nSPS) is 12.5. The Kier molecular flexibility index (Phi) is 11.5. The molecular formula is C36H40FN3O5S. The minimum absolute atomic E-state index is 0.0137. The molecule has 0 aromatic heterocycles. The zero-order valence-corrected chi connectivity index (χ0v) is 27.3. The first-order valence-electron chi connectivity index (χ1n) is 15.1. The smallest absolute Gasteiger partial charge is 0.264 e. The zero-order valence-electron chi connectivity index (χ0n) is 26.5. The van der Waals surface area contributed by atoms with Crippen molar-refractivity contribution < 1.29 is 27.1 Å². The van der Waals surface area contributed by atoms with Gasteiger partial charge >= 0.3 is 0 Å². The fourth-order valence-corrected chi connectivity index (χ4v) is 6.35. The van der Waals surface area contributed by atoms with E-state index in [1.165, 1.54) is 17.0 Å². The molecule has 0 unspecified atom stereocenters. The Morgan fingerprint density at radius 3 is 2.17 bits per heavy atom. The minimum atomic E-state index is -4.33. The van der Waals surface area contributed by atoms with Crippen molar-refractivity contribution in [2.45, 2.75) is 57.1 Å². The van der Waals surface area contributed by atoms with E-state index in [-0.39, 0.29) is 35.5 Å². The number of methoxy groups -OCH3 is 1. The summed E-state index contributed by atoms with van der Waals surface area (Å²) in [6.07, 6.45) is 0.888. The van der Waals surface area contributed by atoms with Crippen LogP contribution in [0.25, 0.3) is 0 Å². The van der Waals surface area contributed by atoms with Gasteiger partial charge in [-0.15, -0.1) is 0 Å². The average molecular weight is 646 g/mol. The van der Waals surface area contributed by atoms with E-state index in [4.69, 9.17) is 4.74 Å². The van der Waals surface area contributed by atoms with Gasteiger partial charge in [-0.1, -0.05) is 67.1 Å². The molecule has 0 radical (unpaired) electrons. The Labute approximate surface area is 270 Å². The van der Waals surface area contributed by atoms with Crippen molar-refractivity contribution >= 4 is 27.5 Å². The monoisotopic (exact) mass is 645 g/mol. The first-order chi connectivity index (χ1) is 22.0. The number of nitrogens with one attached hydrogen (secondary N) is 1. The van der Waals surface area contributed by atoms with Crippen molar-refractivity contribution in [3.05, 3.63) is 126 Å². The van der Waals surface area contributed by atoms with Gasteiger partial charge in [-0.2, -0.15) is 0 Å². The molecule has 46 heavy (non-hydrogen) atoms. The van der Waals surface area contributed by atoms with Gasteiger partial charge in [0.2, 0.25) is 11.8 Å². The molecule has 0 saturated heterocycles. The highest BCUT2D eigenvalue weighted by atomic mass is 32.2. The third-order valence-electron chi connectivity index (χ3n) is 7.76. The van der Waals surface area contributed by atoms with Crippen LogP contribution < -0.4 is 14.4 Å². The molecule has 1 N–H and O–H groups in total. The second-order valence-corrected chi connectivity index (χ2v) is 13.1. The van der Waals surface area contributed by atoms with Crippen LogP contribution in [0.2, 0.25) is 0 Å². The van der Waals surface area contributed by atoms with Gasteiger partial charge in [-0.05, 0) is 79.9 Å². The molecule has 0 fully saturated rings. The summed E-state index contributed by atoms with van der Waals surface area (Å²) in [6.45, 7) is 5.12. The van der Waals surface area contributed by atoms with Crippen molar-refractivity contribution in [3.8, 4) is 5.75 Å². The second-order valence-electron chi connectivity index (χ2n) is 11.2. The molecule has 4 aromatic carbocycles. The molecule has 2 amide bonds. The SMILES string of the molecule is CC[C@H](C)NC(=O)[C@H](Cc1ccccc1)N(Cc1cccc(OC)c1)C(=O)CN(c1ccc(C)cc1)S(=O)(=O)c1ccc(F)cc1. The summed E-state index contributed by atoms with van der Waals surface area (Å²) in [7, 11) is -2.78. The number of rotatable bonds is 14. The van der Waals surface area contributed by atoms with E-state index < -0.39 is 34.3 Å². The first kappa shape index (κ1) is 34.2. The standard InChI is InChI=1S/C36H40FN3O5S/c1-5-27(3)38-36(42)34(23-28-10-7-6-8-11-28)39(24-29-12-9-13-32(22-29)45-4)35(41)25-40(31-18-14-26(2)15-19-31)46(43,44)33-20-16-30(37)17-21-33/h6-22,27,34H,5,23-25H2,1-4H3,(H,38,42)/t27-,34-/m0/s1. The Balaban J connectivity index is 1.81. The Bertz CT molecular complexity index is 1720. The summed E-state index contributed by atoms with van der Waals surface area (Å²) in [6, 6.07) is 26.6. The lowest BCUT2D eigenvalue weighted by Crippen LogP contribution is -2.54. The number of benzene rings is 4. The van der Waals surface area contributed by atoms with Crippen molar-refractivity contribution in [2.75, 3.05) is 18.0 Å². The van der Waals surface area contributed by atoms with Crippen LogP contribution in [0.15, 0.2) is 108 Å². The third-order valence-corrected chi connectivity index (χ3v) is 9.55. The lowest BCUT2D eigenvalue weighted by Gasteiger charge is -2.34. The maximum atomic E-state index is 14.5. The number of anilines is 1. The molecule has 0 aliphatic carbocycles. The van der Waals surface area contributed by atoms with Crippen molar-refractivity contribution in [3.63, 3.8) is 0 Å². The second kappa shape index (κ2) is 15.5. The number of hydrogen-bond acceptors (Lipinski definition) is 5. The van der Waals surface area contributed by atoms with E-state index in [0.29, 0.717) is 17.7 Å². The topological polar surface area (TPSA) is 96.0 Å². The van der Waals surface area contributed by atoms with Gasteiger partial charge in [0.15, 0.2) is 0 Å². The summed E-state index contributed by atoms with van der Waals surface area (Å²) in [5, 5.41) is 3.02. The number of sulfonamides is 1. The van der Waals surface area contributed by atoms with E-state index in [2.05, 4.69) is 5.32 Å². The number of aryl methyl sites for hydroxylation is 1. The van der Waals surface area contributed by atoms with Gasteiger partial charge in [-0.25, -0.2) is 12.8 Å². The largest absolute Gasteiger partial charge is 0.497 e. The van der Waals surface area contributed by atoms with Crippen LogP contribution in [0.1, 0.15) is 37.0 Å². The van der Waals surface area contributed by atoms with E-state index in [1.807, 2.05) is 57.2 Å². The van der Waals surface area contributed by atoms with Crippen LogP contribution in [-0.2, 0) is 32.6 Å². The number of carbonyl (C=O) groups excluding carboxylic acids is 2. The molecule has 4 rings (SSSR count). The third kappa shape index (κ3) is 8.72. The van der Waals surface area contributed by atoms with Crippen LogP contribution in [0.4, 0.5) is 10.1 Å². The van der Waals surface area contributed by atoms with Gasteiger partial charge in [0.1, 0.15) is 24.2 Å².